The molecule has 0 saturated carbocycles. The molecule has 0 fully saturated rings. The predicted octanol–water partition coefficient (Wildman–Crippen LogP) is 1.04. The molecule has 0 aromatic heterocycles. The third kappa shape index (κ3) is 1.86. The summed E-state index contributed by atoms with van der Waals surface area (Å²) in [4.78, 5) is 4.23. The smallest absolute Gasteiger partial charge is 0.195 e. The van der Waals surface area contributed by atoms with Gasteiger partial charge in [-0.05, 0) is 18.2 Å². The van der Waals surface area contributed by atoms with Gasteiger partial charge in [-0.3, -0.25) is 4.99 Å². The zero-order chi connectivity index (χ0) is 9.80. The monoisotopic (exact) mass is 185 g/mol. The summed E-state index contributed by atoms with van der Waals surface area (Å²) in [6.45, 7) is 1.73. The van der Waals surface area contributed by atoms with Crippen molar-refractivity contribution in [3.8, 4) is 12.3 Å². The molecule has 1 aliphatic rings. The average Bonchev–Trinajstić information content (AvgIpc) is 2.71. The molecule has 0 saturated heterocycles. The number of terminal acetylenes is 1. The molecule has 2 rings (SSSR count). The summed E-state index contributed by atoms with van der Waals surface area (Å²) < 4.78 is 0. The van der Waals surface area contributed by atoms with E-state index in [2.05, 4.69) is 21.5 Å². The maximum Gasteiger partial charge on any atom is 0.195 e. The third-order valence-electron chi connectivity index (χ3n) is 1.97. The fourth-order valence-electron chi connectivity index (χ4n) is 1.31. The van der Waals surface area contributed by atoms with Gasteiger partial charge in [0.25, 0.3) is 0 Å². The highest BCUT2D eigenvalue weighted by Gasteiger charge is 2.04. The molecule has 3 heteroatoms. The van der Waals surface area contributed by atoms with Crippen LogP contribution in [0.3, 0.4) is 0 Å². The van der Waals surface area contributed by atoms with E-state index in [1.54, 1.807) is 0 Å². The predicted molar refractivity (Wildman–Crippen MR) is 58.3 cm³/mol. The Morgan fingerprint density at radius 1 is 1.50 bits per heavy atom. The lowest BCUT2D eigenvalue weighted by Gasteiger charge is -2.06. The Bertz CT molecular complexity index is 401. The second kappa shape index (κ2) is 3.84. The Balaban J connectivity index is 2.13. The molecule has 1 heterocycles. The highest BCUT2D eigenvalue weighted by atomic mass is 15.2. The number of benzene rings is 1. The van der Waals surface area contributed by atoms with Crippen LogP contribution in [0.25, 0.3) is 0 Å². The van der Waals surface area contributed by atoms with E-state index in [1.165, 1.54) is 0 Å². The summed E-state index contributed by atoms with van der Waals surface area (Å²) in [6, 6.07) is 7.70. The fraction of sp³-hybridized carbons (Fsp3) is 0.182. The quantitative estimate of drug-likeness (QED) is 0.641. The minimum Gasteiger partial charge on any atom is -0.354 e. The summed E-state index contributed by atoms with van der Waals surface area (Å²) >= 11 is 0. The summed E-state index contributed by atoms with van der Waals surface area (Å²) in [5.74, 6) is 3.41. The first-order chi connectivity index (χ1) is 6.88. The van der Waals surface area contributed by atoms with E-state index >= 15 is 0 Å². The molecule has 1 aromatic rings. The number of hydrogen-bond acceptors (Lipinski definition) is 3. The van der Waals surface area contributed by atoms with Crippen LogP contribution in [0.15, 0.2) is 29.3 Å². The van der Waals surface area contributed by atoms with E-state index in [4.69, 9.17) is 6.42 Å². The van der Waals surface area contributed by atoms with Crippen molar-refractivity contribution in [1.29, 1.82) is 0 Å². The van der Waals surface area contributed by atoms with Crippen molar-refractivity contribution >= 4 is 11.6 Å². The van der Waals surface area contributed by atoms with Crippen molar-refractivity contribution in [1.82, 2.24) is 5.32 Å². The van der Waals surface area contributed by atoms with Crippen LogP contribution in [0.2, 0.25) is 0 Å². The molecule has 1 aliphatic heterocycles. The van der Waals surface area contributed by atoms with Crippen molar-refractivity contribution in [3.63, 3.8) is 0 Å². The minimum absolute atomic E-state index is 0.819. The number of nitrogens with one attached hydrogen (secondary N) is 2. The normalized spacial score (nSPS) is 14.1. The van der Waals surface area contributed by atoms with E-state index in [9.17, 15) is 0 Å². The minimum atomic E-state index is 0.819. The summed E-state index contributed by atoms with van der Waals surface area (Å²) in [5.41, 5.74) is 1.84. The number of guanidine groups is 1. The molecule has 0 aliphatic carbocycles. The number of aliphatic imine (C=N–C) groups is 1. The zero-order valence-electron chi connectivity index (χ0n) is 7.75. The van der Waals surface area contributed by atoms with Gasteiger partial charge in [0.05, 0.1) is 6.54 Å². The van der Waals surface area contributed by atoms with E-state index < -0.39 is 0 Å². The van der Waals surface area contributed by atoms with E-state index in [0.29, 0.717) is 0 Å². The van der Waals surface area contributed by atoms with Crippen LogP contribution < -0.4 is 10.6 Å². The number of rotatable bonds is 1. The molecule has 14 heavy (non-hydrogen) atoms. The van der Waals surface area contributed by atoms with Crippen LogP contribution >= 0.6 is 0 Å². The van der Waals surface area contributed by atoms with Gasteiger partial charge in [-0.15, -0.1) is 6.42 Å². The SMILES string of the molecule is C#Cc1cccc(NC2=NCCN2)c1. The second-order valence-corrected chi connectivity index (χ2v) is 3.01. The van der Waals surface area contributed by atoms with Crippen molar-refractivity contribution in [2.24, 2.45) is 4.99 Å². The molecule has 70 valence electrons. The standard InChI is InChI=1S/C11H11N3/c1-2-9-4-3-5-10(8-9)14-11-12-6-7-13-11/h1,3-5,8H,6-7H2,(H2,12,13,14). The molecule has 1 aromatic carbocycles. The molecular weight excluding hydrogens is 174 g/mol. The van der Waals surface area contributed by atoms with Gasteiger partial charge in [0.15, 0.2) is 5.96 Å². The molecule has 0 unspecified atom stereocenters. The van der Waals surface area contributed by atoms with Gasteiger partial charge in [-0.1, -0.05) is 12.0 Å². The van der Waals surface area contributed by atoms with Gasteiger partial charge in [-0.25, -0.2) is 0 Å². The highest BCUT2D eigenvalue weighted by Crippen LogP contribution is 2.09. The lowest BCUT2D eigenvalue weighted by Crippen LogP contribution is -2.26. The molecule has 0 amide bonds. The van der Waals surface area contributed by atoms with E-state index in [1.807, 2.05) is 24.3 Å². The maximum atomic E-state index is 5.30. The Morgan fingerprint density at radius 3 is 3.14 bits per heavy atom. The topological polar surface area (TPSA) is 36.4 Å². The van der Waals surface area contributed by atoms with Crippen molar-refractivity contribution < 1.29 is 0 Å². The Kier molecular flexibility index (Phi) is 2.37. The molecule has 0 radical (unpaired) electrons. The third-order valence-corrected chi connectivity index (χ3v) is 1.97. The Morgan fingerprint density at radius 2 is 2.43 bits per heavy atom. The van der Waals surface area contributed by atoms with Gasteiger partial charge in [0, 0.05) is 17.8 Å². The summed E-state index contributed by atoms with van der Waals surface area (Å²) in [6.07, 6.45) is 5.30. The van der Waals surface area contributed by atoms with Gasteiger partial charge in [0.1, 0.15) is 0 Å². The molecule has 2 N–H and O–H groups in total. The number of nitrogens with zero attached hydrogens (tertiary/aromatic N) is 1. The highest BCUT2D eigenvalue weighted by molar-refractivity contribution is 5.94. The van der Waals surface area contributed by atoms with Crippen molar-refractivity contribution in [2.45, 2.75) is 0 Å². The van der Waals surface area contributed by atoms with Crippen LogP contribution in [0, 0.1) is 12.3 Å². The van der Waals surface area contributed by atoms with Crippen LogP contribution in [0.4, 0.5) is 5.69 Å². The molecule has 3 nitrogen and oxygen atoms in total. The molecule has 0 atom stereocenters. The number of hydrogen-bond donors (Lipinski definition) is 2. The van der Waals surface area contributed by atoms with Crippen molar-refractivity contribution in [3.05, 3.63) is 29.8 Å². The fourth-order valence-corrected chi connectivity index (χ4v) is 1.31. The average molecular weight is 185 g/mol. The first-order valence-corrected chi connectivity index (χ1v) is 4.50. The van der Waals surface area contributed by atoms with Crippen LogP contribution in [-0.2, 0) is 0 Å². The first-order valence-electron chi connectivity index (χ1n) is 4.50. The van der Waals surface area contributed by atoms with E-state index in [-0.39, 0.29) is 0 Å². The van der Waals surface area contributed by atoms with Gasteiger partial charge >= 0.3 is 0 Å². The van der Waals surface area contributed by atoms with Gasteiger partial charge in [0.2, 0.25) is 0 Å². The Labute approximate surface area is 83.2 Å². The lowest BCUT2D eigenvalue weighted by atomic mass is 10.2. The largest absolute Gasteiger partial charge is 0.354 e. The first kappa shape index (κ1) is 8.64. The van der Waals surface area contributed by atoms with Gasteiger partial charge in [-0.2, -0.15) is 0 Å². The molecule has 0 bridgehead atoms. The number of anilines is 1. The van der Waals surface area contributed by atoms with Crippen LogP contribution in [0.1, 0.15) is 5.56 Å². The summed E-state index contributed by atoms with van der Waals surface area (Å²) in [5, 5.41) is 6.29. The molecule has 0 spiro atoms. The van der Waals surface area contributed by atoms with Crippen LogP contribution in [0.5, 0.6) is 0 Å². The lowest BCUT2D eigenvalue weighted by molar-refractivity contribution is 0.959. The Hall–Kier alpha value is -1.95. The van der Waals surface area contributed by atoms with Crippen LogP contribution in [-0.4, -0.2) is 19.0 Å². The van der Waals surface area contributed by atoms with E-state index in [0.717, 1.165) is 30.3 Å². The zero-order valence-corrected chi connectivity index (χ0v) is 7.75. The summed E-state index contributed by atoms with van der Waals surface area (Å²) in [7, 11) is 0. The maximum absolute atomic E-state index is 5.30. The van der Waals surface area contributed by atoms with Crippen molar-refractivity contribution in [2.75, 3.05) is 18.4 Å². The molecular formula is C11H11N3. The van der Waals surface area contributed by atoms with Gasteiger partial charge < -0.3 is 10.6 Å². The second-order valence-electron chi connectivity index (χ2n) is 3.01.